The van der Waals surface area contributed by atoms with Crippen LogP contribution in [-0.4, -0.2) is 28.1 Å². The minimum Gasteiger partial charge on any atom is -0.205 e. The molecule has 0 spiro atoms. The van der Waals surface area contributed by atoms with Gasteiger partial charge in [-0.2, -0.15) is 30.0 Å². The summed E-state index contributed by atoms with van der Waals surface area (Å²) in [6, 6.07) is 5.09. The van der Waals surface area contributed by atoms with E-state index < -0.39 is 31.5 Å². The highest BCUT2D eigenvalue weighted by molar-refractivity contribution is 8.00. The van der Waals surface area contributed by atoms with E-state index >= 15 is 0 Å². The molecule has 6 nitrogen and oxygen atoms in total. The molecular formula is C9H11F3NO5S2+. The first-order valence-electron chi connectivity index (χ1n) is 5.23. The Hall–Kier alpha value is -1.20. The molecule has 0 N–H and O–H groups in total. The predicted octanol–water partition coefficient (Wildman–Crippen LogP) is 0.560. The van der Waals surface area contributed by atoms with Crippen LogP contribution in [0.1, 0.15) is 6.42 Å². The van der Waals surface area contributed by atoms with Crippen molar-refractivity contribution in [3.8, 4) is 0 Å². The van der Waals surface area contributed by atoms with E-state index in [1.165, 1.54) is 0 Å². The maximum absolute atomic E-state index is 12.0. The number of hydrogen-bond acceptors (Lipinski definition) is 5. The molecule has 0 radical (unpaired) electrons. The van der Waals surface area contributed by atoms with Crippen molar-refractivity contribution in [1.29, 1.82) is 0 Å². The number of alkyl halides is 3. The van der Waals surface area contributed by atoms with E-state index in [0.717, 1.165) is 0 Å². The van der Waals surface area contributed by atoms with Gasteiger partial charge in [-0.3, -0.25) is 0 Å². The molecule has 0 saturated carbocycles. The van der Waals surface area contributed by atoms with Crippen molar-refractivity contribution in [3.05, 3.63) is 30.6 Å². The van der Waals surface area contributed by atoms with Gasteiger partial charge in [-0.05, 0) is 0 Å². The molecule has 0 atom stereocenters. The lowest BCUT2D eigenvalue weighted by atomic mass is 10.4. The average Bonchev–Trinajstić information content (AvgIpc) is 2.27. The molecule has 0 unspecified atom stereocenters. The quantitative estimate of drug-likeness (QED) is 0.561. The van der Waals surface area contributed by atoms with Gasteiger partial charge in [-0.25, -0.2) is 4.57 Å². The summed E-state index contributed by atoms with van der Waals surface area (Å²) in [4.78, 5) is 0. The van der Waals surface area contributed by atoms with E-state index in [1.807, 2.05) is 0 Å². The summed E-state index contributed by atoms with van der Waals surface area (Å²) in [5, 5.41) is 0. The standard InChI is InChI=1S/C9H11F3NO5S2/c10-9(11,12)20(16,17)18-19(14,15)8-4-7-13-5-2-1-3-6-13/h1-3,5-6H,4,7-8H2/q+1. The zero-order chi connectivity index (χ0) is 15.4. The molecule has 0 aliphatic carbocycles. The van der Waals surface area contributed by atoms with Gasteiger partial charge < -0.3 is 0 Å². The van der Waals surface area contributed by atoms with Crippen LogP contribution in [0.25, 0.3) is 0 Å². The molecule has 20 heavy (non-hydrogen) atoms. The largest absolute Gasteiger partial charge is 0.524 e. The maximum atomic E-state index is 12.0. The van der Waals surface area contributed by atoms with E-state index in [0.29, 0.717) is 0 Å². The van der Waals surface area contributed by atoms with Crippen molar-refractivity contribution in [1.82, 2.24) is 0 Å². The van der Waals surface area contributed by atoms with Crippen LogP contribution in [0.2, 0.25) is 0 Å². The Kier molecular flexibility index (Phi) is 5.10. The summed E-state index contributed by atoms with van der Waals surface area (Å²) in [6.07, 6.45) is 3.16. The number of halogens is 3. The highest BCUT2D eigenvalue weighted by Gasteiger charge is 2.50. The van der Waals surface area contributed by atoms with Crippen LogP contribution < -0.4 is 4.57 Å². The lowest BCUT2D eigenvalue weighted by Crippen LogP contribution is -2.34. The Balaban J connectivity index is 2.59. The minimum absolute atomic E-state index is 0.0929. The zero-order valence-electron chi connectivity index (χ0n) is 9.95. The first-order chi connectivity index (χ1) is 9.04. The van der Waals surface area contributed by atoms with Gasteiger partial charge in [0.2, 0.25) is 0 Å². The second kappa shape index (κ2) is 6.06. The highest BCUT2D eigenvalue weighted by Crippen LogP contribution is 2.26. The molecule has 114 valence electrons. The van der Waals surface area contributed by atoms with Crippen LogP contribution in [0, 0.1) is 0 Å². The molecule has 0 aliphatic heterocycles. The Labute approximate surface area is 114 Å². The van der Waals surface area contributed by atoms with Crippen molar-refractivity contribution >= 4 is 20.2 Å². The van der Waals surface area contributed by atoms with Gasteiger partial charge in [0, 0.05) is 18.6 Å². The fraction of sp³-hybridized carbons (Fsp3) is 0.444. The second-order valence-electron chi connectivity index (χ2n) is 3.70. The Bertz CT molecular complexity index is 640. The Morgan fingerprint density at radius 3 is 2.05 bits per heavy atom. The molecule has 0 fully saturated rings. The monoisotopic (exact) mass is 334 g/mol. The number of nitrogens with zero attached hydrogens (tertiary/aromatic N) is 1. The summed E-state index contributed by atoms with van der Waals surface area (Å²) >= 11 is 0. The van der Waals surface area contributed by atoms with Gasteiger partial charge in [0.1, 0.15) is 6.54 Å². The van der Waals surface area contributed by atoms with Crippen LogP contribution in [0.5, 0.6) is 0 Å². The normalized spacial score (nSPS) is 13.3. The molecule has 1 heterocycles. The van der Waals surface area contributed by atoms with Crippen molar-refractivity contribution in [2.75, 3.05) is 5.75 Å². The van der Waals surface area contributed by atoms with E-state index in [1.54, 1.807) is 35.2 Å². The Morgan fingerprint density at radius 2 is 1.55 bits per heavy atom. The lowest BCUT2D eigenvalue weighted by molar-refractivity contribution is -0.696. The van der Waals surface area contributed by atoms with E-state index in [4.69, 9.17) is 0 Å². The Morgan fingerprint density at radius 1 is 1.00 bits per heavy atom. The summed E-state index contributed by atoms with van der Waals surface area (Å²) in [5.41, 5.74) is -5.77. The van der Waals surface area contributed by atoms with Gasteiger partial charge in [-0.15, -0.1) is 3.63 Å². The molecule has 0 saturated heterocycles. The first-order valence-corrected chi connectivity index (χ1v) is 8.21. The number of hydrogen-bond donors (Lipinski definition) is 0. The number of aryl methyl sites for hydroxylation is 1. The number of aromatic nitrogens is 1. The molecule has 11 heteroatoms. The molecule has 0 amide bonds. The van der Waals surface area contributed by atoms with Crippen molar-refractivity contribution in [2.45, 2.75) is 18.5 Å². The maximum Gasteiger partial charge on any atom is 0.524 e. The minimum atomic E-state index is -6.15. The summed E-state index contributed by atoms with van der Waals surface area (Å²) in [5.74, 6) is -0.843. The fourth-order valence-corrected chi connectivity index (χ4v) is 3.37. The third-order valence-electron chi connectivity index (χ3n) is 2.06. The van der Waals surface area contributed by atoms with E-state index in [9.17, 15) is 30.0 Å². The van der Waals surface area contributed by atoms with Crippen LogP contribution in [0.15, 0.2) is 30.6 Å². The fourth-order valence-electron chi connectivity index (χ4n) is 1.22. The smallest absolute Gasteiger partial charge is 0.205 e. The molecule has 1 aromatic rings. The lowest BCUT2D eigenvalue weighted by Gasteiger charge is -2.07. The van der Waals surface area contributed by atoms with Crippen molar-refractivity contribution in [2.24, 2.45) is 0 Å². The van der Waals surface area contributed by atoms with Crippen LogP contribution >= 0.6 is 0 Å². The molecule has 1 aromatic heterocycles. The topological polar surface area (TPSA) is 81.4 Å². The highest BCUT2D eigenvalue weighted by atomic mass is 32.3. The first kappa shape index (κ1) is 16.9. The predicted molar refractivity (Wildman–Crippen MR) is 61.1 cm³/mol. The SMILES string of the molecule is O=S(=O)(CCC[n+]1ccccc1)OS(=O)(=O)C(F)(F)F. The van der Waals surface area contributed by atoms with Crippen molar-refractivity contribution < 1.29 is 38.2 Å². The van der Waals surface area contributed by atoms with Crippen molar-refractivity contribution in [3.63, 3.8) is 0 Å². The van der Waals surface area contributed by atoms with E-state index in [2.05, 4.69) is 3.63 Å². The van der Waals surface area contributed by atoms with Crippen LogP contribution in [0.3, 0.4) is 0 Å². The van der Waals surface area contributed by atoms with Crippen LogP contribution in [-0.2, 0) is 30.4 Å². The second-order valence-corrected chi connectivity index (χ2v) is 7.14. The van der Waals surface area contributed by atoms with E-state index in [-0.39, 0.29) is 13.0 Å². The number of rotatable bonds is 6. The van der Waals surface area contributed by atoms with Gasteiger partial charge in [0.25, 0.3) is 10.1 Å². The molecule has 0 aromatic carbocycles. The van der Waals surface area contributed by atoms with Gasteiger partial charge in [0.05, 0.1) is 5.75 Å². The molecular weight excluding hydrogens is 323 g/mol. The summed E-state index contributed by atoms with van der Waals surface area (Å²) in [6.45, 7) is 0.190. The zero-order valence-corrected chi connectivity index (χ0v) is 11.6. The number of pyridine rings is 1. The molecule has 0 aliphatic rings. The summed E-state index contributed by atoms with van der Waals surface area (Å²) in [7, 11) is -11.0. The average molecular weight is 334 g/mol. The van der Waals surface area contributed by atoms with Crippen LogP contribution in [0.4, 0.5) is 13.2 Å². The molecule has 1 rings (SSSR count). The van der Waals surface area contributed by atoms with Gasteiger partial charge in [0.15, 0.2) is 12.4 Å². The van der Waals surface area contributed by atoms with Gasteiger partial charge >= 0.3 is 15.6 Å². The third-order valence-corrected chi connectivity index (χ3v) is 4.97. The van der Waals surface area contributed by atoms with Gasteiger partial charge in [-0.1, -0.05) is 6.07 Å². The summed E-state index contributed by atoms with van der Waals surface area (Å²) < 4.78 is 84.2. The molecule has 0 bridgehead atoms. The third kappa shape index (κ3) is 5.06.